The monoisotopic (exact) mass is 535 g/mol. The molecule has 5 heterocycles. The van der Waals surface area contributed by atoms with Crippen LogP contribution in [0.25, 0.3) is 22.3 Å². The number of aromatic amines is 1. The molecule has 4 aromatic heterocycles. The third-order valence-electron chi connectivity index (χ3n) is 6.53. The molecular weight excluding hydrogens is 513 g/mol. The van der Waals surface area contributed by atoms with E-state index in [0.29, 0.717) is 45.8 Å². The predicted octanol–water partition coefficient (Wildman–Crippen LogP) is 4.27. The first-order valence-corrected chi connectivity index (χ1v) is 12.4. The molecule has 3 N–H and O–H groups in total. The summed E-state index contributed by atoms with van der Waals surface area (Å²) in [5.41, 5.74) is 9.77. The van der Waals surface area contributed by atoms with E-state index in [4.69, 9.17) is 33.7 Å². The van der Waals surface area contributed by atoms with E-state index in [2.05, 4.69) is 35.4 Å². The third-order valence-corrected chi connectivity index (χ3v) is 7.13. The average Bonchev–Trinajstić information content (AvgIpc) is 3.48. The van der Waals surface area contributed by atoms with Crippen LogP contribution in [-0.2, 0) is 12.6 Å². The van der Waals surface area contributed by atoms with E-state index < -0.39 is 5.54 Å². The maximum atomic E-state index is 6.53. The van der Waals surface area contributed by atoms with Crippen molar-refractivity contribution in [3.8, 4) is 17.1 Å². The van der Waals surface area contributed by atoms with Crippen LogP contribution in [0, 0.1) is 0 Å². The lowest BCUT2D eigenvalue weighted by atomic mass is 9.87. The SMILES string of the molecule is C[C@@H](Oc1ccc2[nH]nc(-c3ccc(N4CC(N)(c5ccn(C)n5)C4)nn3)c2c1)c1c(Cl)cncc1Cl. The minimum Gasteiger partial charge on any atom is -0.486 e. The molecule has 0 saturated carbocycles. The number of fused-ring (bicyclic) bond motifs is 1. The Morgan fingerprint density at radius 1 is 1.08 bits per heavy atom. The molecule has 0 aliphatic carbocycles. The summed E-state index contributed by atoms with van der Waals surface area (Å²) in [6.45, 7) is 3.12. The van der Waals surface area contributed by atoms with E-state index in [1.54, 1.807) is 17.1 Å². The second-order valence-electron chi connectivity index (χ2n) is 9.22. The quantitative estimate of drug-likeness (QED) is 0.330. The molecule has 5 aromatic rings. The van der Waals surface area contributed by atoms with Gasteiger partial charge in [-0.1, -0.05) is 23.2 Å². The van der Waals surface area contributed by atoms with Gasteiger partial charge in [0.15, 0.2) is 5.82 Å². The highest BCUT2D eigenvalue weighted by molar-refractivity contribution is 6.35. The maximum Gasteiger partial charge on any atom is 0.151 e. The lowest BCUT2D eigenvalue weighted by Gasteiger charge is -2.47. The van der Waals surface area contributed by atoms with E-state index in [0.717, 1.165) is 22.4 Å². The van der Waals surface area contributed by atoms with Gasteiger partial charge in [0.2, 0.25) is 0 Å². The Bertz CT molecular complexity index is 1570. The van der Waals surface area contributed by atoms with Crippen LogP contribution in [0.4, 0.5) is 5.82 Å². The lowest BCUT2D eigenvalue weighted by molar-refractivity contribution is 0.227. The van der Waals surface area contributed by atoms with Crippen molar-refractivity contribution < 1.29 is 4.74 Å². The largest absolute Gasteiger partial charge is 0.486 e. The molecule has 1 aliphatic rings. The van der Waals surface area contributed by atoms with Crippen LogP contribution in [0.1, 0.15) is 24.3 Å². The van der Waals surface area contributed by atoms with E-state index >= 15 is 0 Å². The van der Waals surface area contributed by atoms with Gasteiger partial charge >= 0.3 is 0 Å². The Hall–Kier alpha value is -3.73. The van der Waals surface area contributed by atoms with E-state index in [9.17, 15) is 0 Å². The first-order chi connectivity index (χ1) is 17.8. The number of ether oxygens (including phenoxy) is 1. The topological polar surface area (TPSA) is 124 Å². The summed E-state index contributed by atoms with van der Waals surface area (Å²) in [7, 11) is 1.88. The fourth-order valence-corrected chi connectivity index (χ4v) is 5.27. The van der Waals surface area contributed by atoms with Crippen molar-refractivity contribution in [3.63, 3.8) is 0 Å². The number of pyridine rings is 1. The molecule has 0 unspecified atom stereocenters. The van der Waals surface area contributed by atoms with Gasteiger partial charge in [-0.15, -0.1) is 10.2 Å². The number of anilines is 1. The zero-order chi connectivity index (χ0) is 25.7. The number of nitrogens with zero attached hydrogens (tertiary/aromatic N) is 7. The Labute approximate surface area is 222 Å². The van der Waals surface area contributed by atoms with Crippen molar-refractivity contribution in [2.75, 3.05) is 18.0 Å². The Morgan fingerprint density at radius 3 is 2.54 bits per heavy atom. The number of nitrogens with one attached hydrogen (secondary N) is 1. The predicted molar refractivity (Wildman–Crippen MR) is 142 cm³/mol. The first-order valence-electron chi connectivity index (χ1n) is 11.6. The molecule has 0 radical (unpaired) electrons. The fourth-order valence-electron chi connectivity index (χ4n) is 4.59. The fraction of sp³-hybridized carbons (Fsp3) is 0.240. The Balaban J connectivity index is 1.21. The zero-order valence-corrected chi connectivity index (χ0v) is 21.6. The van der Waals surface area contributed by atoms with Crippen LogP contribution in [0.3, 0.4) is 0 Å². The van der Waals surface area contributed by atoms with E-state index in [1.165, 1.54) is 0 Å². The standard InChI is InChI=1S/C25H23Cl2N9O/c1-14(23-17(26)10-29-11-18(23)27)37-15-3-4-19-16(9-15)24(33-30-19)20-5-6-22(32-31-20)36-12-25(28,13-36)21-7-8-35(2)34-21/h3-11,14H,12-13,28H2,1-2H3,(H,30,33)/t14-/m1/s1. The van der Waals surface area contributed by atoms with Gasteiger partial charge in [0, 0.05) is 49.7 Å². The molecule has 6 rings (SSSR count). The third kappa shape index (κ3) is 4.26. The number of aryl methyl sites for hydroxylation is 1. The minimum atomic E-state index is -0.488. The molecule has 1 aliphatic heterocycles. The van der Waals surface area contributed by atoms with Crippen molar-refractivity contribution in [3.05, 3.63) is 76.3 Å². The van der Waals surface area contributed by atoms with Crippen LogP contribution < -0.4 is 15.4 Å². The number of aromatic nitrogens is 7. The smallest absolute Gasteiger partial charge is 0.151 e. The number of halogens is 2. The van der Waals surface area contributed by atoms with Crippen LogP contribution in [0.2, 0.25) is 10.0 Å². The van der Waals surface area contributed by atoms with Gasteiger partial charge < -0.3 is 15.4 Å². The number of hydrogen-bond donors (Lipinski definition) is 2. The number of hydrogen-bond acceptors (Lipinski definition) is 8. The molecule has 0 amide bonds. The van der Waals surface area contributed by atoms with Crippen molar-refractivity contribution >= 4 is 39.9 Å². The van der Waals surface area contributed by atoms with Crippen LogP contribution >= 0.6 is 23.2 Å². The van der Waals surface area contributed by atoms with Gasteiger partial charge in [-0.3, -0.25) is 14.8 Å². The minimum absolute atomic E-state index is 0.382. The van der Waals surface area contributed by atoms with Gasteiger partial charge in [0.05, 0.1) is 26.8 Å². The molecule has 0 spiro atoms. The summed E-state index contributed by atoms with van der Waals surface area (Å²) in [5, 5.41) is 22.6. The molecule has 1 saturated heterocycles. The molecule has 188 valence electrons. The van der Waals surface area contributed by atoms with Crippen molar-refractivity contribution in [2.24, 2.45) is 12.8 Å². The molecule has 37 heavy (non-hydrogen) atoms. The molecule has 12 heteroatoms. The summed E-state index contributed by atoms with van der Waals surface area (Å²) >= 11 is 12.6. The molecule has 0 bridgehead atoms. The van der Waals surface area contributed by atoms with Crippen LogP contribution in [-0.4, -0.2) is 48.2 Å². The van der Waals surface area contributed by atoms with Gasteiger partial charge in [-0.05, 0) is 43.3 Å². The second kappa shape index (κ2) is 8.98. The normalized spacial score (nSPS) is 15.5. The van der Waals surface area contributed by atoms with Crippen LogP contribution in [0.5, 0.6) is 5.75 Å². The highest BCUT2D eigenvalue weighted by Gasteiger charge is 2.43. The number of nitrogens with two attached hydrogens (primary N) is 1. The van der Waals surface area contributed by atoms with Gasteiger partial charge in [-0.2, -0.15) is 10.2 Å². The lowest BCUT2D eigenvalue weighted by Crippen LogP contribution is -2.65. The molecular formula is C25H23Cl2N9O. The summed E-state index contributed by atoms with van der Waals surface area (Å²) in [6, 6.07) is 11.5. The van der Waals surface area contributed by atoms with Crippen molar-refractivity contribution in [1.82, 2.24) is 35.2 Å². The number of rotatable bonds is 6. The molecule has 10 nitrogen and oxygen atoms in total. The summed E-state index contributed by atoms with van der Waals surface area (Å²) in [5.74, 6) is 1.40. The molecule has 1 aromatic carbocycles. The van der Waals surface area contributed by atoms with E-state index in [1.807, 2.05) is 56.6 Å². The van der Waals surface area contributed by atoms with Crippen LogP contribution in [0.15, 0.2) is 55.0 Å². The van der Waals surface area contributed by atoms with Crippen molar-refractivity contribution in [2.45, 2.75) is 18.6 Å². The maximum absolute atomic E-state index is 6.53. The zero-order valence-electron chi connectivity index (χ0n) is 20.1. The average molecular weight is 536 g/mol. The summed E-state index contributed by atoms with van der Waals surface area (Å²) in [4.78, 5) is 6.08. The summed E-state index contributed by atoms with van der Waals surface area (Å²) in [6.07, 6.45) is 4.62. The number of H-pyrrole nitrogens is 1. The van der Waals surface area contributed by atoms with E-state index in [-0.39, 0.29) is 6.10 Å². The Kier molecular flexibility index (Phi) is 5.74. The Morgan fingerprint density at radius 2 is 1.86 bits per heavy atom. The molecule has 1 fully saturated rings. The molecule has 1 atom stereocenters. The van der Waals surface area contributed by atoms with Gasteiger partial charge in [0.1, 0.15) is 23.2 Å². The number of benzene rings is 1. The highest BCUT2D eigenvalue weighted by atomic mass is 35.5. The van der Waals surface area contributed by atoms with Crippen molar-refractivity contribution in [1.29, 1.82) is 0 Å². The summed E-state index contributed by atoms with van der Waals surface area (Å²) < 4.78 is 7.92. The first kappa shape index (κ1) is 23.7. The second-order valence-corrected chi connectivity index (χ2v) is 10.0. The highest BCUT2D eigenvalue weighted by Crippen LogP contribution is 2.35. The van der Waals surface area contributed by atoms with Gasteiger partial charge in [0.25, 0.3) is 0 Å². The van der Waals surface area contributed by atoms with Gasteiger partial charge in [-0.25, -0.2) is 0 Å².